The minimum atomic E-state index is -0.438. The molecule has 0 atom stereocenters. The highest BCUT2D eigenvalue weighted by Crippen LogP contribution is 2.25. The van der Waals surface area contributed by atoms with Gasteiger partial charge in [0.15, 0.2) is 11.2 Å². The summed E-state index contributed by atoms with van der Waals surface area (Å²) in [5, 5.41) is 4.49. The number of fused-ring (bicyclic) bond motifs is 1. The van der Waals surface area contributed by atoms with Crippen molar-refractivity contribution in [1.29, 1.82) is 0 Å². The number of piperazine rings is 1. The van der Waals surface area contributed by atoms with E-state index in [0.717, 1.165) is 0 Å². The fourth-order valence-corrected chi connectivity index (χ4v) is 2.83. The Balaban J connectivity index is 2.22. The Morgan fingerprint density at radius 3 is 2.59 bits per heavy atom. The molecule has 0 unspecified atom stereocenters. The number of nitrogens with zero attached hydrogens (tertiary/aromatic N) is 3. The molecule has 1 aromatic carbocycles. The van der Waals surface area contributed by atoms with E-state index in [9.17, 15) is 14.0 Å². The SMILES string of the molecule is CC(=O)c1cn(C)c2cc(N3CC[N]CC3)c(F)cc2c1=O. The molecule has 2 heterocycles. The minimum Gasteiger partial charge on any atom is -0.366 e. The van der Waals surface area contributed by atoms with Crippen molar-refractivity contribution in [3.8, 4) is 0 Å². The van der Waals surface area contributed by atoms with Crippen LogP contribution < -0.4 is 15.6 Å². The van der Waals surface area contributed by atoms with Crippen molar-refractivity contribution in [2.75, 3.05) is 31.1 Å². The maximum absolute atomic E-state index is 14.4. The molecule has 5 nitrogen and oxygen atoms in total. The molecule has 1 saturated heterocycles. The lowest BCUT2D eigenvalue weighted by atomic mass is 10.1. The number of halogens is 1. The second-order valence-electron chi connectivity index (χ2n) is 5.52. The van der Waals surface area contributed by atoms with Crippen molar-refractivity contribution in [3.05, 3.63) is 39.9 Å². The van der Waals surface area contributed by atoms with E-state index in [-0.39, 0.29) is 16.7 Å². The number of carbonyl (C=O) groups is 1. The molecule has 1 aliphatic rings. The molecule has 1 fully saturated rings. The van der Waals surface area contributed by atoms with Crippen LogP contribution in [0.1, 0.15) is 17.3 Å². The van der Waals surface area contributed by atoms with E-state index in [0.29, 0.717) is 37.4 Å². The molecule has 3 rings (SSSR count). The van der Waals surface area contributed by atoms with Gasteiger partial charge in [-0.3, -0.25) is 9.59 Å². The van der Waals surface area contributed by atoms with E-state index in [4.69, 9.17) is 0 Å². The molecule has 0 saturated carbocycles. The van der Waals surface area contributed by atoms with Crippen molar-refractivity contribution in [1.82, 2.24) is 9.88 Å². The Kier molecular flexibility index (Phi) is 3.70. The lowest BCUT2D eigenvalue weighted by Gasteiger charge is -2.29. The first-order chi connectivity index (χ1) is 10.5. The van der Waals surface area contributed by atoms with Gasteiger partial charge in [-0.05, 0) is 19.1 Å². The highest BCUT2D eigenvalue weighted by Gasteiger charge is 2.19. The summed E-state index contributed by atoms with van der Waals surface area (Å²) in [5.41, 5.74) is 0.764. The Bertz CT molecular complexity index is 807. The predicted octanol–water partition coefficient (Wildman–Crippen LogP) is 1.30. The zero-order chi connectivity index (χ0) is 15.9. The van der Waals surface area contributed by atoms with Crippen molar-refractivity contribution < 1.29 is 9.18 Å². The molecule has 0 N–H and O–H groups in total. The third-order valence-corrected chi connectivity index (χ3v) is 4.03. The number of rotatable bonds is 2. The maximum atomic E-state index is 14.4. The maximum Gasteiger partial charge on any atom is 0.200 e. The number of aryl methyl sites for hydroxylation is 1. The van der Waals surface area contributed by atoms with Gasteiger partial charge in [0, 0.05) is 44.8 Å². The van der Waals surface area contributed by atoms with Gasteiger partial charge in [0.1, 0.15) is 5.82 Å². The average molecular weight is 302 g/mol. The Hall–Kier alpha value is -2.21. The van der Waals surface area contributed by atoms with E-state index in [1.807, 2.05) is 4.90 Å². The monoisotopic (exact) mass is 302 g/mol. The molecule has 0 bridgehead atoms. The van der Waals surface area contributed by atoms with Gasteiger partial charge in [-0.25, -0.2) is 9.71 Å². The molecule has 6 heteroatoms. The van der Waals surface area contributed by atoms with E-state index in [1.54, 1.807) is 17.7 Å². The fourth-order valence-electron chi connectivity index (χ4n) is 2.83. The standard InChI is InChI=1S/C16H17FN3O2/c1-10(21)12-9-19(2)14-8-15(20-5-3-18-4-6-20)13(17)7-11(14)16(12)22/h7-9H,3-6H2,1-2H3. The number of benzene rings is 1. The number of hydrogen-bond acceptors (Lipinski definition) is 3. The van der Waals surface area contributed by atoms with Crippen LogP contribution in [0.4, 0.5) is 10.1 Å². The molecule has 2 aromatic rings. The van der Waals surface area contributed by atoms with E-state index >= 15 is 0 Å². The summed E-state index contributed by atoms with van der Waals surface area (Å²) in [5.74, 6) is -0.753. The summed E-state index contributed by atoms with van der Waals surface area (Å²) in [6.45, 7) is 4.04. The minimum absolute atomic E-state index is 0.0823. The second kappa shape index (κ2) is 5.53. The van der Waals surface area contributed by atoms with Crippen molar-refractivity contribution in [3.63, 3.8) is 0 Å². The smallest absolute Gasteiger partial charge is 0.200 e. The second-order valence-corrected chi connectivity index (χ2v) is 5.52. The first-order valence-corrected chi connectivity index (χ1v) is 7.21. The van der Waals surface area contributed by atoms with E-state index in [2.05, 4.69) is 5.32 Å². The van der Waals surface area contributed by atoms with Crippen molar-refractivity contribution in [2.45, 2.75) is 6.92 Å². The summed E-state index contributed by atoms with van der Waals surface area (Å²) in [6.07, 6.45) is 1.51. The Labute approximate surface area is 127 Å². The fraction of sp³-hybridized carbons (Fsp3) is 0.375. The van der Waals surface area contributed by atoms with Crippen LogP contribution in [0.15, 0.2) is 23.1 Å². The Morgan fingerprint density at radius 2 is 1.95 bits per heavy atom. The van der Waals surface area contributed by atoms with Gasteiger partial charge in [0.05, 0.1) is 16.8 Å². The third-order valence-electron chi connectivity index (χ3n) is 4.03. The molecular formula is C16H17FN3O2. The van der Waals surface area contributed by atoms with Gasteiger partial charge < -0.3 is 9.47 Å². The van der Waals surface area contributed by atoms with Gasteiger partial charge >= 0.3 is 0 Å². The molecule has 115 valence electrons. The summed E-state index contributed by atoms with van der Waals surface area (Å²) >= 11 is 0. The third kappa shape index (κ3) is 2.39. The van der Waals surface area contributed by atoms with Gasteiger partial charge in [-0.1, -0.05) is 0 Å². The van der Waals surface area contributed by atoms with Crippen LogP contribution in [0.25, 0.3) is 10.9 Å². The number of pyridine rings is 1. The average Bonchev–Trinajstić information content (AvgIpc) is 2.51. The molecule has 0 amide bonds. The molecule has 1 aliphatic heterocycles. The van der Waals surface area contributed by atoms with Crippen LogP contribution in [-0.4, -0.2) is 36.5 Å². The van der Waals surface area contributed by atoms with Crippen LogP contribution in [0.5, 0.6) is 0 Å². The zero-order valence-corrected chi connectivity index (χ0v) is 12.6. The molecular weight excluding hydrogens is 285 g/mol. The number of ketones is 1. The molecule has 22 heavy (non-hydrogen) atoms. The zero-order valence-electron chi connectivity index (χ0n) is 12.6. The quantitative estimate of drug-likeness (QED) is 0.786. The van der Waals surface area contributed by atoms with Gasteiger partial charge in [0.2, 0.25) is 0 Å². The summed E-state index contributed by atoms with van der Waals surface area (Å²) in [4.78, 5) is 25.8. The van der Waals surface area contributed by atoms with Crippen LogP contribution in [-0.2, 0) is 7.05 Å². The van der Waals surface area contributed by atoms with Crippen LogP contribution in [0.3, 0.4) is 0 Å². The molecule has 1 aromatic heterocycles. The van der Waals surface area contributed by atoms with Crippen LogP contribution >= 0.6 is 0 Å². The number of hydrogen-bond donors (Lipinski definition) is 0. The normalized spacial score (nSPS) is 15.3. The Morgan fingerprint density at radius 1 is 1.27 bits per heavy atom. The van der Waals surface area contributed by atoms with Crippen molar-refractivity contribution >= 4 is 22.4 Å². The summed E-state index contributed by atoms with van der Waals surface area (Å²) in [6, 6.07) is 2.92. The molecule has 0 aliphatic carbocycles. The lowest BCUT2D eigenvalue weighted by molar-refractivity contribution is 0.101. The van der Waals surface area contributed by atoms with Crippen molar-refractivity contribution in [2.24, 2.45) is 7.05 Å². The van der Waals surface area contributed by atoms with Gasteiger partial charge in [-0.2, -0.15) is 0 Å². The number of Topliss-reactive ketones (excluding diaryl/α,β-unsaturated/α-hetero) is 1. The lowest BCUT2D eigenvalue weighted by Crippen LogP contribution is -2.40. The van der Waals surface area contributed by atoms with E-state index in [1.165, 1.54) is 19.2 Å². The molecule has 1 radical (unpaired) electrons. The van der Waals surface area contributed by atoms with Gasteiger partial charge in [-0.15, -0.1) is 0 Å². The van der Waals surface area contributed by atoms with Gasteiger partial charge in [0.25, 0.3) is 0 Å². The van der Waals surface area contributed by atoms with Crippen LogP contribution in [0.2, 0.25) is 0 Å². The topological polar surface area (TPSA) is 56.4 Å². The number of aromatic nitrogens is 1. The number of carbonyl (C=O) groups excluding carboxylic acids is 1. The largest absolute Gasteiger partial charge is 0.366 e. The van der Waals surface area contributed by atoms with Crippen LogP contribution in [0, 0.1) is 5.82 Å². The number of anilines is 1. The first-order valence-electron chi connectivity index (χ1n) is 7.21. The summed E-state index contributed by atoms with van der Waals surface area (Å²) in [7, 11) is 1.75. The first kappa shape index (κ1) is 14.7. The van der Waals surface area contributed by atoms with E-state index < -0.39 is 11.2 Å². The highest BCUT2D eigenvalue weighted by molar-refractivity contribution is 5.97. The molecule has 0 spiro atoms. The summed E-state index contributed by atoms with van der Waals surface area (Å²) < 4.78 is 16.1. The highest BCUT2D eigenvalue weighted by atomic mass is 19.1. The predicted molar refractivity (Wildman–Crippen MR) is 83.2 cm³/mol.